The second-order valence-electron chi connectivity index (χ2n) is 5.45. The molecular weight excluding hydrogens is 340 g/mol. The van der Waals surface area contributed by atoms with E-state index in [0.717, 1.165) is 16.8 Å². The maximum Gasteiger partial charge on any atom is 0.255 e. The predicted molar refractivity (Wildman–Crippen MR) is 95.6 cm³/mol. The number of aryl methyl sites for hydroxylation is 1. The molecule has 1 aromatic carbocycles. The van der Waals surface area contributed by atoms with Crippen molar-refractivity contribution >= 4 is 17.5 Å². The molecule has 0 radical (unpaired) electrons. The number of hydrogen-bond donors (Lipinski definition) is 1. The van der Waals surface area contributed by atoms with Crippen molar-refractivity contribution in [2.24, 2.45) is 7.05 Å². The number of ether oxygens (including phenoxy) is 1. The van der Waals surface area contributed by atoms with E-state index < -0.39 is 0 Å². The highest BCUT2D eigenvalue weighted by atomic mass is 35.5. The van der Waals surface area contributed by atoms with Gasteiger partial charge in [-0.15, -0.1) is 0 Å². The number of carbonyl (C=O) groups excluding carboxylic acids is 1. The molecule has 25 heavy (non-hydrogen) atoms. The van der Waals surface area contributed by atoms with Crippen LogP contribution in [0.4, 0.5) is 0 Å². The summed E-state index contributed by atoms with van der Waals surface area (Å²) in [7, 11) is 3.39. The Balaban J connectivity index is 1.75. The number of carbonyl (C=O) groups is 1. The third-order valence-corrected chi connectivity index (χ3v) is 4.01. The molecule has 0 saturated carbocycles. The molecule has 1 N–H and O–H groups in total. The van der Waals surface area contributed by atoms with Gasteiger partial charge in [0.15, 0.2) is 0 Å². The molecule has 2 aromatic heterocycles. The first-order valence-electron chi connectivity index (χ1n) is 7.62. The molecule has 128 valence electrons. The minimum Gasteiger partial charge on any atom is -0.496 e. The summed E-state index contributed by atoms with van der Waals surface area (Å²) < 4.78 is 6.99. The molecule has 3 aromatic rings. The quantitative estimate of drug-likeness (QED) is 0.762. The van der Waals surface area contributed by atoms with Crippen molar-refractivity contribution in [1.82, 2.24) is 20.1 Å². The average Bonchev–Trinajstić information content (AvgIpc) is 3.06. The number of aromatic nitrogens is 3. The van der Waals surface area contributed by atoms with Crippen LogP contribution in [0.5, 0.6) is 5.75 Å². The van der Waals surface area contributed by atoms with E-state index in [-0.39, 0.29) is 5.91 Å². The van der Waals surface area contributed by atoms with Gasteiger partial charge in [-0.3, -0.25) is 14.5 Å². The molecule has 2 heterocycles. The van der Waals surface area contributed by atoms with E-state index >= 15 is 0 Å². The van der Waals surface area contributed by atoms with Crippen molar-refractivity contribution in [2.45, 2.75) is 6.54 Å². The largest absolute Gasteiger partial charge is 0.496 e. The molecular formula is C18H17ClN4O2. The van der Waals surface area contributed by atoms with Crippen LogP contribution in [0.15, 0.2) is 48.9 Å². The summed E-state index contributed by atoms with van der Waals surface area (Å²) in [5, 5.41) is 7.50. The van der Waals surface area contributed by atoms with Crippen LogP contribution in [-0.2, 0) is 13.6 Å². The third-order valence-electron chi connectivity index (χ3n) is 3.77. The summed E-state index contributed by atoms with van der Waals surface area (Å²) in [6, 6.07) is 8.82. The summed E-state index contributed by atoms with van der Waals surface area (Å²) in [5.41, 5.74) is 3.17. The van der Waals surface area contributed by atoms with E-state index in [1.165, 1.54) is 7.11 Å². The van der Waals surface area contributed by atoms with Gasteiger partial charge in [-0.2, -0.15) is 5.10 Å². The Morgan fingerprint density at radius 1 is 1.28 bits per heavy atom. The van der Waals surface area contributed by atoms with Crippen LogP contribution in [0.25, 0.3) is 11.3 Å². The summed E-state index contributed by atoms with van der Waals surface area (Å²) >= 11 is 5.97. The lowest BCUT2D eigenvalue weighted by Crippen LogP contribution is -2.23. The number of rotatable bonds is 5. The number of pyridine rings is 1. The van der Waals surface area contributed by atoms with E-state index in [0.29, 0.717) is 22.9 Å². The lowest BCUT2D eigenvalue weighted by Gasteiger charge is -2.10. The average molecular weight is 357 g/mol. The summed E-state index contributed by atoms with van der Waals surface area (Å²) in [5.74, 6) is 0.217. The minimum absolute atomic E-state index is 0.259. The van der Waals surface area contributed by atoms with Gasteiger partial charge in [-0.1, -0.05) is 11.6 Å². The zero-order chi connectivity index (χ0) is 17.8. The Kier molecular flexibility index (Phi) is 5.00. The number of hydrogen-bond acceptors (Lipinski definition) is 4. The summed E-state index contributed by atoms with van der Waals surface area (Å²) in [6.45, 7) is 0.340. The third kappa shape index (κ3) is 3.80. The molecule has 0 aliphatic rings. The summed E-state index contributed by atoms with van der Waals surface area (Å²) in [4.78, 5) is 16.7. The lowest BCUT2D eigenvalue weighted by atomic mass is 10.1. The number of benzene rings is 1. The Morgan fingerprint density at radius 3 is 2.84 bits per heavy atom. The maximum atomic E-state index is 12.4. The highest BCUT2D eigenvalue weighted by Gasteiger charge is 2.13. The van der Waals surface area contributed by atoms with E-state index in [2.05, 4.69) is 15.4 Å². The molecule has 0 aliphatic heterocycles. The number of nitrogens with one attached hydrogen (secondary N) is 1. The Bertz CT molecular complexity index is 908. The molecule has 0 spiro atoms. The van der Waals surface area contributed by atoms with E-state index in [1.807, 2.05) is 19.2 Å². The van der Waals surface area contributed by atoms with Crippen molar-refractivity contribution in [2.75, 3.05) is 7.11 Å². The lowest BCUT2D eigenvalue weighted by molar-refractivity contribution is 0.0948. The SMILES string of the molecule is COc1ccc(Cl)cc1C(=O)NCc1cncc(-c2ccnn2C)c1. The molecule has 0 aliphatic carbocycles. The monoisotopic (exact) mass is 356 g/mol. The van der Waals surface area contributed by atoms with Crippen LogP contribution < -0.4 is 10.1 Å². The van der Waals surface area contributed by atoms with Gasteiger partial charge >= 0.3 is 0 Å². The highest BCUT2D eigenvalue weighted by molar-refractivity contribution is 6.31. The highest BCUT2D eigenvalue weighted by Crippen LogP contribution is 2.23. The van der Waals surface area contributed by atoms with Crippen molar-refractivity contribution in [1.29, 1.82) is 0 Å². The number of halogens is 1. The Morgan fingerprint density at radius 2 is 2.12 bits per heavy atom. The van der Waals surface area contributed by atoms with E-state index in [1.54, 1.807) is 41.5 Å². The summed E-state index contributed by atoms with van der Waals surface area (Å²) in [6.07, 6.45) is 5.22. The van der Waals surface area contributed by atoms with Crippen molar-refractivity contribution in [3.63, 3.8) is 0 Å². The second-order valence-corrected chi connectivity index (χ2v) is 5.89. The first-order chi connectivity index (χ1) is 12.1. The fraction of sp³-hybridized carbons (Fsp3) is 0.167. The van der Waals surface area contributed by atoms with Crippen LogP contribution in [0.1, 0.15) is 15.9 Å². The minimum atomic E-state index is -0.259. The normalized spacial score (nSPS) is 10.5. The first-order valence-corrected chi connectivity index (χ1v) is 8.00. The smallest absolute Gasteiger partial charge is 0.255 e. The number of amides is 1. The standard InChI is InChI=1S/C18H17ClN4O2/c1-23-16(5-6-22-23)13-7-12(9-20-11-13)10-21-18(24)15-8-14(19)3-4-17(15)25-2/h3-9,11H,10H2,1-2H3,(H,21,24). The number of nitrogens with zero attached hydrogens (tertiary/aromatic N) is 3. The Labute approximate surface area is 150 Å². The molecule has 0 atom stereocenters. The van der Waals surface area contributed by atoms with Crippen molar-refractivity contribution in [3.8, 4) is 17.0 Å². The fourth-order valence-electron chi connectivity index (χ4n) is 2.52. The van der Waals surface area contributed by atoms with E-state index in [9.17, 15) is 4.79 Å². The topological polar surface area (TPSA) is 69.0 Å². The van der Waals surface area contributed by atoms with Crippen LogP contribution in [0, 0.1) is 0 Å². The van der Waals surface area contributed by atoms with Gasteiger partial charge in [0.25, 0.3) is 5.91 Å². The molecule has 0 fully saturated rings. The van der Waals surface area contributed by atoms with Gasteiger partial charge in [-0.05, 0) is 35.9 Å². The molecule has 0 unspecified atom stereocenters. The van der Waals surface area contributed by atoms with Crippen LogP contribution >= 0.6 is 11.6 Å². The Hall–Kier alpha value is -2.86. The van der Waals surface area contributed by atoms with Gasteiger partial charge in [0.1, 0.15) is 5.75 Å². The van der Waals surface area contributed by atoms with Gasteiger partial charge in [0.2, 0.25) is 0 Å². The van der Waals surface area contributed by atoms with E-state index in [4.69, 9.17) is 16.3 Å². The second kappa shape index (κ2) is 7.36. The zero-order valence-corrected chi connectivity index (χ0v) is 14.6. The van der Waals surface area contributed by atoms with Gasteiger partial charge in [0, 0.05) is 42.8 Å². The van der Waals surface area contributed by atoms with Gasteiger partial charge < -0.3 is 10.1 Å². The molecule has 7 heteroatoms. The van der Waals surface area contributed by atoms with Crippen LogP contribution in [-0.4, -0.2) is 27.8 Å². The molecule has 6 nitrogen and oxygen atoms in total. The molecule has 0 saturated heterocycles. The van der Waals surface area contributed by atoms with Crippen molar-refractivity contribution in [3.05, 3.63) is 65.1 Å². The van der Waals surface area contributed by atoms with Gasteiger partial charge in [-0.25, -0.2) is 0 Å². The predicted octanol–water partition coefficient (Wildman–Crippen LogP) is 3.07. The van der Waals surface area contributed by atoms with Crippen LogP contribution in [0.3, 0.4) is 0 Å². The van der Waals surface area contributed by atoms with Gasteiger partial charge in [0.05, 0.1) is 18.4 Å². The maximum absolute atomic E-state index is 12.4. The fourth-order valence-corrected chi connectivity index (χ4v) is 2.69. The van der Waals surface area contributed by atoms with Crippen LogP contribution in [0.2, 0.25) is 5.02 Å². The zero-order valence-electron chi connectivity index (χ0n) is 13.9. The first kappa shape index (κ1) is 17.0. The molecule has 1 amide bonds. The van der Waals surface area contributed by atoms with Crippen molar-refractivity contribution < 1.29 is 9.53 Å². The number of methoxy groups -OCH3 is 1. The molecule has 3 rings (SSSR count). The molecule has 0 bridgehead atoms.